The van der Waals surface area contributed by atoms with Crippen LogP contribution >= 0.6 is 0 Å². The van der Waals surface area contributed by atoms with Crippen molar-refractivity contribution < 1.29 is 0 Å². The number of benzene rings is 5. The molecule has 7 aromatic rings. The van der Waals surface area contributed by atoms with Crippen molar-refractivity contribution in [2.75, 3.05) is 0 Å². The third-order valence-electron chi connectivity index (χ3n) is 6.44. The number of aromatic nitrogens is 4. The molecule has 0 unspecified atom stereocenters. The number of fused-ring (bicyclic) bond motifs is 5. The third-order valence-corrected chi connectivity index (χ3v) is 6.44. The number of hydrogen-bond acceptors (Lipinski definition) is 4. The predicted octanol–water partition coefficient (Wildman–Crippen LogP) is 7.21. The van der Waals surface area contributed by atoms with Crippen molar-refractivity contribution in [2.45, 2.75) is 0 Å². The maximum absolute atomic E-state index is 4.45. The van der Waals surface area contributed by atoms with Crippen LogP contribution in [0.25, 0.3) is 65.9 Å². The van der Waals surface area contributed by atoms with Crippen molar-refractivity contribution in [2.24, 2.45) is 0 Å². The van der Waals surface area contributed by atoms with Crippen molar-refractivity contribution in [3.8, 4) is 22.3 Å². The highest BCUT2D eigenvalue weighted by molar-refractivity contribution is 6.09. The smallest absolute Gasteiger partial charge is 0.0892 e. The van der Waals surface area contributed by atoms with E-state index in [0.29, 0.717) is 0 Å². The molecule has 7 rings (SSSR count). The summed E-state index contributed by atoms with van der Waals surface area (Å²) >= 11 is 0. The second kappa shape index (κ2) is 7.42. The Morgan fingerprint density at radius 1 is 0.324 bits per heavy atom. The van der Waals surface area contributed by atoms with Crippen LogP contribution < -0.4 is 0 Å². The highest BCUT2D eigenvalue weighted by Crippen LogP contribution is 2.33. The van der Waals surface area contributed by atoms with E-state index in [-0.39, 0.29) is 0 Å². The van der Waals surface area contributed by atoms with Gasteiger partial charge in [-0.25, -0.2) is 0 Å². The fraction of sp³-hybridized carbons (Fsp3) is 0. The van der Waals surface area contributed by atoms with Gasteiger partial charge in [-0.15, -0.1) is 0 Å². The predicted molar refractivity (Wildman–Crippen MR) is 139 cm³/mol. The first-order valence-electron chi connectivity index (χ1n) is 11.2. The molecule has 0 bridgehead atoms. The molecule has 0 saturated heterocycles. The van der Waals surface area contributed by atoms with Crippen molar-refractivity contribution in [1.82, 2.24) is 19.9 Å². The zero-order valence-corrected chi connectivity index (χ0v) is 18.2. The molecule has 0 amide bonds. The van der Waals surface area contributed by atoms with Gasteiger partial charge in [0.05, 0.1) is 22.1 Å². The van der Waals surface area contributed by atoms with Crippen molar-refractivity contribution >= 4 is 43.6 Å². The SMILES string of the molecule is c1cnc2cc(-c3ccc4c(ccc5cc(-c6ccc7nccnc7c6)ccc54)c3)ccc2n1. The van der Waals surface area contributed by atoms with E-state index in [1.807, 2.05) is 12.1 Å². The van der Waals surface area contributed by atoms with Crippen LogP contribution in [0.5, 0.6) is 0 Å². The van der Waals surface area contributed by atoms with Gasteiger partial charge in [-0.05, 0) is 80.2 Å². The lowest BCUT2D eigenvalue weighted by atomic mass is 9.95. The first-order chi connectivity index (χ1) is 16.8. The van der Waals surface area contributed by atoms with E-state index < -0.39 is 0 Å². The summed E-state index contributed by atoms with van der Waals surface area (Å²) in [6.07, 6.45) is 6.92. The summed E-state index contributed by atoms with van der Waals surface area (Å²) in [5.41, 5.74) is 8.27. The van der Waals surface area contributed by atoms with Gasteiger partial charge in [-0.2, -0.15) is 0 Å². The minimum absolute atomic E-state index is 0.908. The standard InChI is InChI=1S/C30H18N4/c1-2-24-16-20(22-6-10-28-30(18-22)34-14-12-32-28)4-8-26(24)25-7-3-19(15-23(1)25)21-5-9-27-29(17-21)33-13-11-31-27/h1-18H. The van der Waals surface area contributed by atoms with Gasteiger partial charge >= 0.3 is 0 Å². The summed E-state index contributed by atoms with van der Waals surface area (Å²) < 4.78 is 0. The molecule has 0 radical (unpaired) electrons. The monoisotopic (exact) mass is 434 g/mol. The molecule has 0 aliphatic heterocycles. The molecule has 0 saturated carbocycles. The van der Waals surface area contributed by atoms with Gasteiger partial charge in [0.1, 0.15) is 0 Å². The maximum atomic E-state index is 4.45. The van der Waals surface area contributed by atoms with Gasteiger partial charge in [-0.3, -0.25) is 19.9 Å². The molecule has 2 aromatic heterocycles. The zero-order valence-electron chi connectivity index (χ0n) is 18.2. The Morgan fingerprint density at radius 3 is 1.18 bits per heavy atom. The van der Waals surface area contributed by atoms with E-state index in [0.717, 1.165) is 33.2 Å². The maximum Gasteiger partial charge on any atom is 0.0892 e. The summed E-state index contributed by atoms with van der Waals surface area (Å²) in [7, 11) is 0. The number of nitrogens with zero attached hydrogens (tertiary/aromatic N) is 4. The van der Waals surface area contributed by atoms with Gasteiger partial charge in [-0.1, -0.05) is 48.5 Å². The van der Waals surface area contributed by atoms with E-state index in [9.17, 15) is 0 Å². The van der Waals surface area contributed by atoms with Gasteiger partial charge in [0.2, 0.25) is 0 Å². The van der Waals surface area contributed by atoms with Crippen LogP contribution in [-0.2, 0) is 0 Å². The minimum Gasteiger partial charge on any atom is -0.253 e. The molecule has 34 heavy (non-hydrogen) atoms. The Bertz CT molecular complexity index is 1740. The van der Waals surface area contributed by atoms with Crippen molar-refractivity contribution in [3.63, 3.8) is 0 Å². The van der Waals surface area contributed by atoms with Crippen LogP contribution in [0.1, 0.15) is 0 Å². The van der Waals surface area contributed by atoms with Crippen LogP contribution in [0.15, 0.2) is 110 Å². The molecule has 4 nitrogen and oxygen atoms in total. The largest absolute Gasteiger partial charge is 0.253 e. The normalized spacial score (nSPS) is 11.5. The number of hydrogen-bond donors (Lipinski definition) is 0. The van der Waals surface area contributed by atoms with Gasteiger partial charge in [0, 0.05) is 24.8 Å². The van der Waals surface area contributed by atoms with E-state index in [2.05, 4.69) is 92.7 Å². The second-order valence-electron chi connectivity index (χ2n) is 8.46. The molecule has 2 heterocycles. The van der Waals surface area contributed by atoms with Crippen LogP contribution in [0, 0.1) is 0 Å². The molecule has 4 heteroatoms. The molecule has 0 fully saturated rings. The van der Waals surface area contributed by atoms with Gasteiger partial charge in [0.15, 0.2) is 0 Å². The van der Waals surface area contributed by atoms with E-state index in [1.165, 1.54) is 32.7 Å². The summed E-state index contributed by atoms with van der Waals surface area (Å²) in [6.45, 7) is 0. The van der Waals surface area contributed by atoms with E-state index in [1.54, 1.807) is 24.8 Å². The molecule has 0 atom stereocenters. The Morgan fingerprint density at radius 2 is 0.706 bits per heavy atom. The highest BCUT2D eigenvalue weighted by atomic mass is 14.8. The van der Waals surface area contributed by atoms with Crippen LogP contribution in [-0.4, -0.2) is 19.9 Å². The fourth-order valence-corrected chi connectivity index (χ4v) is 4.72. The average Bonchev–Trinajstić information content (AvgIpc) is 2.91. The molecule has 0 spiro atoms. The van der Waals surface area contributed by atoms with E-state index in [4.69, 9.17) is 0 Å². The Kier molecular flexibility index (Phi) is 4.11. The lowest BCUT2D eigenvalue weighted by molar-refractivity contribution is 1.29. The van der Waals surface area contributed by atoms with E-state index >= 15 is 0 Å². The Balaban J connectivity index is 1.32. The molecule has 0 aliphatic rings. The topological polar surface area (TPSA) is 51.6 Å². The highest BCUT2D eigenvalue weighted by Gasteiger charge is 2.07. The Hall–Kier alpha value is -4.70. The number of rotatable bonds is 2. The third kappa shape index (κ3) is 3.08. The summed E-state index contributed by atoms with van der Waals surface area (Å²) in [5.74, 6) is 0. The van der Waals surface area contributed by atoms with Crippen LogP contribution in [0.2, 0.25) is 0 Å². The summed E-state index contributed by atoms with van der Waals surface area (Å²) in [4.78, 5) is 17.7. The average molecular weight is 435 g/mol. The van der Waals surface area contributed by atoms with Gasteiger partial charge in [0.25, 0.3) is 0 Å². The Labute approximate surface area is 195 Å². The zero-order chi connectivity index (χ0) is 22.5. The molecule has 0 N–H and O–H groups in total. The first-order valence-corrected chi connectivity index (χ1v) is 11.2. The summed E-state index contributed by atoms with van der Waals surface area (Å²) in [5, 5.41) is 4.94. The second-order valence-corrected chi connectivity index (χ2v) is 8.46. The quantitative estimate of drug-likeness (QED) is 0.270. The lowest BCUT2D eigenvalue weighted by Gasteiger charge is -2.10. The van der Waals surface area contributed by atoms with Gasteiger partial charge < -0.3 is 0 Å². The van der Waals surface area contributed by atoms with Crippen LogP contribution in [0.3, 0.4) is 0 Å². The van der Waals surface area contributed by atoms with Crippen LogP contribution in [0.4, 0.5) is 0 Å². The fourth-order valence-electron chi connectivity index (χ4n) is 4.72. The van der Waals surface area contributed by atoms with Crippen molar-refractivity contribution in [1.29, 1.82) is 0 Å². The molecule has 158 valence electrons. The molecular weight excluding hydrogens is 416 g/mol. The molecular formula is C30H18N4. The molecule has 5 aromatic carbocycles. The summed E-state index contributed by atoms with van der Waals surface area (Å²) in [6, 6.07) is 30.2. The first kappa shape index (κ1) is 18.8. The van der Waals surface area contributed by atoms with Crippen molar-refractivity contribution in [3.05, 3.63) is 110 Å². The molecule has 0 aliphatic carbocycles. The minimum atomic E-state index is 0.908. The lowest BCUT2D eigenvalue weighted by Crippen LogP contribution is -1.86.